The maximum atomic E-state index is 6.08. The zero-order valence-electron chi connectivity index (χ0n) is 7.76. The summed E-state index contributed by atoms with van der Waals surface area (Å²) >= 11 is 5.78. The lowest BCUT2D eigenvalue weighted by Gasteiger charge is -2.23. The fourth-order valence-corrected chi connectivity index (χ4v) is 1.37. The SMILES string of the molecule is C=CCC(C)(N)c1ccc(Cl)cc1. The van der Waals surface area contributed by atoms with E-state index >= 15 is 0 Å². The van der Waals surface area contributed by atoms with Gasteiger partial charge in [0.1, 0.15) is 0 Å². The van der Waals surface area contributed by atoms with E-state index in [0.717, 1.165) is 17.0 Å². The van der Waals surface area contributed by atoms with Crippen molar-refractivity contribution in [3.63, 3.8) is 0 Å². The number of halogens is 1. The van der Waals surface area contributed by atoms with Gasteiger partial charge < -0.3 is 5.73 Å². The first-order valence-electron chi connectivity index (χ1n) is 4.22. The first-order chi connectivity index (χ1) is 6.06. The van der Waals surface area contributed by atoms with Crippen LogP contribution in [0.15, 0.2) is 36.9 Å². The van der Waals surface area contributed by atoms with Crippen LogP contribution in [-0.4, -0.2) is 0 Å². The first kappa shape index (κ1) is 10.3. The molecule has 0 aliphatic rings. The van der Waals surface area contributed by atoms with Crippen LogP contribution < -0.4 is 5.73 Å². The van der Waals surface area contributed by atoms with Gasteiger partial charge in [0.05, 0.1) is 0 Å². The van der Waals surface area contributed by atoms with Crippen LogP contribution in [0.4, 0.5) is 0 Å². The lowest BCUT2D eigenvalue weighted by Crippen LogP contribution is -2.32. The number of hydrogen-bond acceptors (Lipinski definition) is 1. The Balaban J connectivity index is 2.93. The molecule has 1 aromatic rings. The molecule has 2 N–H and O–H groups in total. The van der Waals surface area contributed by atoms with Gasteiger partial charge in [-0.25, -0.2) is 0 Å². The van der Waals surface area contributed by atoms with Gasteiger partial charge >= 0.3 is 0 Å². The average molecular weight is 196 g/mol. The third-order valence-corrected chi connectivity index (χ3v) is 2.32. The van der Waals surface area contributed by atoms with Crippen molar-refractivity contribution in [3.8, 4) is 0 Å². The summed E-state index contributed by atoms with van der Waals surface area (Å²) in [5.41, 5.74) is 6.82. The summed E-state index contributed by atoms with van der Waals surface area (Å²) in [5.74, 6) is 0. The van der Waals surface area contributed by atoms with Crippen molar-refractivity contribution in [2.24, 2.45) is 5.73 Å². The minimum atomic E-state index is -0.341. The van der Waals surface area contributed by atoms with Crippen molar-refractivity contribution < 1.29 is 0 Å². The third kappa shape index (κ3) is 2.58. The zero-order valence-corrected chi connectivity index (χ0v) is 8.51. The third-order valence-electron chi connectivity index (χ3n) is 2.07. The molecular weight excluding hydrogens is 182 g/mol. The van der Waals surface area contributed by atoms with Gasteiger partial charge in [-0.1, -0.05) is 29.8 Å². The summed E-state index contributed by atoms with van der Waals surface area (Å²) in [7, 11) is 0. The summed E-state index contributed by atoms with van der Waals surface area (Å²) in [6.07, 6.45) is 2.59. The van der Waals surface area contributed by atoms with Crippen molar-refractivity contribution in [1.82, 2.24) is 0 Å². The van der Waals surface area contributed by atoms with Crippen molar-refractivity contribution >= 4 is 11.6 Å². The highest BCUT2D eigenvalue weighted by Crippen LogP contribution is 2.23. The summed E-state index contributed by atoms with van der Waals surface area (Å²) in [6, 6.07) is 7.61. The summed E-state index contributed by atoms with van der Waals surface area (Å²) < 4.78 is 0. The normalized spacial score (nSPS) is 15.0. The molecule has 0 heterocycles. The molecule has 0 aliphatic heterocycles. The topological polar surface area (TPSA) is 26.0 Å². The van der Waals surface area contributed by atoms with Crippen LogP contribution >= 0.6 is 11.6 Å². The van der Waals surface area contributed by atoms with Crippen LogP contribution in [0.2, 0.25) is 5.02 Å². The Hall–Kier alpha value is -0.790. The maximum absolute atomic E-state index is 6.08. The van der Waals surface area contributed by atoms with E-state index in [1.807, 2.05) is 37.3 Å². The van der Waals surface area contributed by atoms with Crippen molar-refractivity contribution in [2.75, 3.05) is 0 Å². The van der Waals surface area contributed by atoms with Crippen LogP contribution in [0.25, 0.3) is 0 Å². The Morgan fingerprint density at radius 1 is 1.46 bits per heavy atom. The molecule has 0 aromatic heterocycles. The highest BCUT2D eigenvalue weighted by molar-refractivity contribution is 6.30. The number of nitrogens with two attached hydrogens (primary N) is 1. The standard InChI is InChI=1S/C11H14ClN/c1-3-8-11(2,13)9-4-6-10(12)7-5-9/h3-7H,1,8,13H2,2H3. The molecule has 0 radical (unpaired) electrons. The van der Waals surface area contributed by atoms with E-state index in [-0.39, 0.29) is 5.54 Å². The molecule has 1 aromatic carbocycles. The van der Waals surface area contributed by atoms with E-state index in [9.17, 15) is 0 Å². The minimum absolute atomic E-state index is 0.341. The largest absolute Gasteiger partial charge is 0.321 e. The van der Waals surface area contributed by atoms with Crippen LogP contribution in [-0.2, 0) is 5.54 Å². The fraction of sp³-hybridized carbons (Fsp3) is 0.273. The zero-order chi connectivity index (χ0) is 9.90. The molecule has 0 aliphatic carbocycles. The minimum Gasteiger partial charge on any atom is -0.321 e. The number of rotatable bonds is 3. The van der Waals surface area contributed by atoms with E-state index in [1.54, 1.807) is 0 Å². The smallest absolute Gasteiger partial charge is 0.0415 e. The van der Waals surface area contributed by atoms with E-state index in [4.69, 9.17) is 17.3 Å². The molecule has 1 atom stereocenters. The van der Waals surface area contributed by atoms with Crippen LogP contribution in [0.5, 0.6) is 0 Å². The molecule has 70 valence electrons. The number of benzene rings is 1. The molecule has 1 nitrogen and oxygen atoms in total. The Morgan fingerprint density at radius 2 is 2.00 bits per heavy atom. The van der Waals surface area contributed by atoms with Gasteiger partial charge in [-0.15, -0.1) is 6.58 Å². The van der Waals surface area contributed by atoms with E-state index in [1.165, 1.54) is 0 Å². The fourth-order valence-electron chi connectivity index (χ4n) is 1.25. The first-order valence-corrected chi connectivity index (χ1v) is 4.60. The Bertz CT molecular complexity index is 287. The second kappa shape index (κ2) is 3.95. The maximum Gasteiger partial charge on any atom is 0.0415 e. The molecule has 0 saturated carbocycles. The summed E-state index contributed by atoms with van der Waals surface area (Å²) in [6.45, 7) is 5.67. The van der Waals surface area contributed by atoms with Crippen LogP contribution in [0.1, 0.15) is 18.9 Å². The van der Waals surface area contributed by atoms with E-state index < -0.39 is 0 Å². The van der Waals surface area contributed by atoms with Crippen molar-refractivity contribution in [2.45, 2.75) is 18.9 Å². The number of hydrogen-bond donors (Lipinski definition) is 1. The second-order valence-corrected chi connectivity index (χ2v) is 3.85. The van der Waals surface area contributed by atoms with Gasteiger partial charge in [-0.3, -0.25) is 0 Å². The van der Waals surface area contributed by atoms with Gasteiger partial charge in [-0.05, 0) is 31.0 Å². The molecule has 1 unspecified atom stereocenters. The van der Waals surface area contributed by atoms with Gasteiger partial charge in [0.2, 0.25) is 0 Å². The molecule has 0 fully saturated rings. The molecule has 2 heteroatoms. The molecule has 0 spiro atoms. The highest BCUT2D eigenvalue weighted by Gasteiger charge is 2.18. The lowest BCUT2D eigenvalue weighted by molar-refractivity contribution is 0.502. The van der Waals surface area contributed by atoms with E-state index in [0.29, 0.717) is 0 Å². The molecule has 0 bridgehead atoms. The monoisotopic (exact) mass is 195 g/mol. The Labute approximate surface area is 84.2 Å². The second-order valence-electron chi connectivity index (χ2n) is 3.42. The molecule has 0 saturated heterocycles. The van der Waals surface area contributed by atoms with Crippen LogP contribution in [0.3, 0.4) is 0 Å². The average Bonchev–Trinajstić information content (AvgIpc) is 2.05. The molecule has 0 amide bonds. The predicted octanol–water partition coefficient (Wildman–Crippen LogP) is 3.09. The quantitative estimate of drug-likeness (QED) is 0.738. The van der Waals surface area contributed by atoms with Gasteiger partial charge in [-0.2, -0.15) is 0 Å². The summed E-state index contributed by atoms with van der Waals surface area (Å²) in [4.78, 5) is 0. The lowest BCUT2D eigenvalue weighted by atomic mass is 9.90. The van der Waals surface area contributed by atoms with Crippen molar-refractivity contribution in [3.05, 3.63) is 47.5 Å². The van der Waals surface area contributed by atoms with Gasteiger partial charge in [0, 0.05) is 10.6 Å². The van der Waals surface area contributed by atoms with Crippen LogP contribution in [0, 0.1) is 0 Å². The Morgan fingerprint density at radius 3 is 2.46 bits per heavy atom. The highest BCUT2D eigenvalue weighted by atomic mass is 35.5. The Kier molecular flexibility index (Phi) is 3.12. The van der Waals surface area contributed by atoms with E-state index in [2.05, 4.69) is 6.58 Å². The summed E-state index contributed by atoms with van der Waals surface area (Å²) in [5, 5.41) is 0.734. The van der Waals surface area contributed by atoms with Crippen molar-refractivity contribution in [1.29, 1.82) is 0 Å². The van der Waals surface area contributed by atoms with Gasteiger partial charge in [0.25, 0.3) is 0 Å². The molecule has 13 heavy (non-hydrogen) atoms. The molecule has 1 rings (SSSR count). The predicted molar refractivity (Wildman–Crippen MR) is 57.8 cm³/mol. The van der Waals surface area contributed by atoms with Gasteiger partial charge in [0.15, 0.2) is 0 Å². The molecular formula is C11H14ClN.